The SMILES string of the molecule is CCCNC(c1ccc(Br)c(Cl)c1)c1cc(C)sc1C. The highest BCUT2D eigenvalue weighted by molar-refractivity contribution is 9.10. The minimum Gasteiger partial charge on any atom is -0.306 e. The first-order valence-corrected chi connectivity index (χ1v) is 8.77. The molecule has 1 heterocycles. The van der Waals surface area contributed by atoms with Crippen LogP contribution in [0.1, 0.15) is 40.3 Å². The Labute approximate surface area is 138 Å². The summed E-state index contributed by atoms with van der Waals surface area (Å²) in [7, 11) is 0. The Kier molecular flexibility index (Phi) is 5.67. The fourth-order valence-corrected chi connectivity index (χ4v) is 3.72. The third-order valence-electron chi connectivity index (χ3n) is 3.27. The van der Waals surface area contributed by atoms with Gasteiger partial charge < -0.3 is 5.32 Å². The van der Waals surface area contributed by atoms with E-state index < -0.39 is 0 Å². The lowest BCUT2D eigenvalue weighted by molar-refractivity contribution is 0.598. The lowest BCUT2D eigenvalue weighted by Crippen LogP contribution is -2.23. The monoisotopic (exact) mass is 371 g/mol. The third-order valence-corrected chi connectivity index (χ3v) is 5.48. The first kappa shape index (κ1) is 16.0. The zero-order valence-corrected chi connectivity index (χ0v) is 15.1. The van der Waals surface area contributed by atoms with E-state index in [1.165, 1.54) is 20.9 Å². The summed E-state index contributed by atoms with van der Waals surface area (Å²) in [6.45, 7) is 7.53. The molecule has 0 saturated carbocycles. The van der Waals surface area contributed by atoms with E-state index in [2.05, 4.69) is 54.2 Å². The smallest absolute Gasteiger partial charge is 0.0588 e. The second kappa shape index (κ2) is 7.08. The van der Waals surface area contributed by atoms with Crippen LogP contribution in [-0.4, -0.2) is 6.54 Å². The molecule has 0 radical (unpaired) electrons. The molecule has 20 heavy (non-hydrogen) atoms. The van der Waals surface area contributed by atoms with Crippen LogP contribution in [0.5, 0.6) is 0 Å². The first-order chi connectivity index (χ1) is 9.52. The average molecular weight is 373 g/mol. The second-order valence-electron chi connectivity index (χ2n) is 4.93. The van der Waals surface area contributed by atoms with Crippen molar-refractivity contribution in [3.63, 3.8) is 0 Å². The van der Waals surface area contributed by atoms with Crippen LogP contribution >= 0.6 is 38.9 Å². The lowest BCUT2D eigenvalue weighted by atomic mass is 9.99. The molecule has 4 heteroatoms. The molecule has 108 valence electrons. The maximum atomic E-state index is 6.25. The average Bonchev–Trinajstić information content (AvgIpc) is 2.73. The van der Waals surface area contributed by atoms with E-state index in [4.69, 9.17) is 11.6 Å². The van der Waals surface area contributed by atoms with Crippen LogP contribution < -0.4 is 5.32 Å². The van der Waals surface area contributed by atoms with Gasteiger partial charge in [-0.05, 0) is 72.1 Å². The highest BCUT2D eigenvalue weighted by Gasteiger charge is 2.18. The largest absolute Gasteiger partial charge is 0.306 e. The lowest BCUT2D eigenvalue weighted by Gasteiger charge is -2.20. The molecule has 0 spiro atoms. The molecule has 0 amide bonds. The van der Waals surface area contributed by atoms with Gasteiger partial charge in [0.15, 0.2) is 0 Å². The van der Waals surface area contributed by atoms with Gasteiger partial charge >= 0.3 is 0 Å². The molecule has 1 N–H and O–H groups in total. The van der Waals surface area contributed by atoms with Gasteiger partial charge in [-0.15, -0.1) is 11.3 Å². The van der Waals surface area contributed by atoms with E-state index in [1.54, 1.807) is 0 Å². The second-order valence-corrected chi connectivity index (χ2v) is 7.65. The summed E-state index contributed by atoms with van der Waals surface area (Å²) < 4.78 is 0.940. The minimum absolute atomic E-state index is 0.213. The number of hydrogen-bond acceptors (Lipinski definition) is 2. The van der Waals surface area contributed by atoms with Crippen LogP contribution in [0.25, 0.3) is 0 Å². The molecule has 1 atom stereocenters. The van der Waals surface area contributed by atoms with Gasteiger partial charge in [-0.1, -0.05) is 24.6 Å². The quantitative estimate of drug-likeness (QED) is 0.692. The number of rotatable bonds is 5. The van der Waals surface area contributed by atoms with Gasteiger partial charge in [-0.25, -0.2) is 0 Å². The highest BCUT2D eigenvalue weighted by Crippen LogP contribution is 2.33. The summed E-state index contributed by atoms with van der Waals surface area (Å²) in [5, 5.41) is 4.40. The highest BCUT2D eigenvalue weighted by atomic mass is 79.9. The van der Waals surface area contributed by atoms with Crippen molar-refractivity contribution in [1.82, 2.24) is 5.32 Å². The fourth-order valence-electron chi connectivity index (χ4n) is 2.33. The van der Waals surface area contributed by atoms with Crippen LogP contribution in [0.2, 0.25) is 5.02 Å². The van der Waals surface area contributed by atoms with Crippen molar-refractivity contribution in [3.8, 4) is 0 Å². The van der Waals surface area contributed by atoms with Gasteiger partial charge in [0.1, 0.15) is 0 Å². The number of thiophene rings is 1. The van der Waals surface area contributed by atoms with Crippen molar-refractivity contribution in [1.29, 1.82) is 0 Å². The molecule has 0 aliphatic carbocycles. The Bertz CT molecular complexity index is 594. The van der Waals surface area contributed by atoms with Crippen molar-refractivity contribution in [2.24, 2.45) is 0 Å². The summed E-state index contributed by atoms with van der Waals surface area (Å²) in [6, 6.07) is 8.70. The molecular weight excluding hydrogens is 354 g/mol. The maximum absolute atomic E-state index is 6.25. The van der Waals surface area contributed by atoms with Crippen molar-refractivity contribution in [2.45, 2.75) is 33.2 Å². The van der Waals surface area contributed by atoms with Crippen molar-refractivity contribution in [2.75, 3.05) is 6.54 Å². The molecule has 0 aliphatic rings. The Morgan fingerprint density at radius 2 is 2.05 bits per heavy atom. The Balaban J connectivity index is 2.41. The predicted molar refractivity (Wildman–Crippen MR) is 93.1 cm³/mol. The molecular formula is C16H19BrClNS. The molecule has 0 saturated heterocycles. The van der Waals surface area contributed by atoms with Gasteiger partial charge in [0.2, 0.25) is 0 Å². The third kappa shape index (κ3) is 3.64. The number of nitrogens with one attached hydrogen (secondary N) is 1. The number of hydrogen-bond donors (Lipinski definition) is 1. The summed E-state index contributed by atoms with van der Waals surface area (Å²) in [4.78, 5) is 2.72. The van der Waals surface area contributed by atoms with E-state index in [0.29, 0.717) is 0 Å². The van der Waals surface area contributed by atoms with E-state index in [-0.39, 0.29) is 6.04 Å². The first-order valence-electron chi connectivity index (χ1n) is 6.78. The fraction of sp³-hybridized carbons (Fsp3) is 0.375. The summed E-state index contributed by atoms with van der Waals surface area (Å²) in [6.07, 6.45) is 1.11. The van der Waals surface area contributed by atoms with Gasteiger partial charge in [0.05, 0.1) is 11.1 Å². The zero-order valence-electron chi connectivity index (χ0n) is 12.0. The van der Waals surface area contributed by atoms with Gasteiger partial charge in [-0.3, -0.25) is 0 Å². The molecule has 2 rings (SSSR count). The van der Waals surface area contributed by atoms with Gasteiger partial charge in [-0.2, -0.15) is 0 Å². The van der Waals surface area contributed by atoms with Crippen LogP contribution in [0.3, 0.4) is 0 Å². The number of halogens is 2. The van der Waals surface area contributed by atoms with Crippen LogP contribution in [0, 0.1) is 13.8 Å². The van der Waals surface area contributed by atoms with Crippen LogP contribution in [0.4, 0.5) is 0 Å². The molecule has 1 aromatic heterocycles. The summed E-state index contributed by atoms with van der Waals surface area (Å²) in [5.74, 6) is 0. The maximum Gasteiger partial charge on any atom is 0.0588 e. The zero-order chi connectivity index (χ0) is 14.7. The van der Waals surface area contributed by atoms with Crippen LogP contribution in [0.15, 0.2) is 28.7 Å². The Morgan fingerprint density at radius 3 is 2.60 bits per heavy atom. The van der Waals surface area contributed by atoms with Gasteiger partial charge in [0.25, 0.3) is 0 Å². The van der Waals surface area contributed by atoms with Crippen LogP contribution in [-0.2, 0) is 0 Å². The molecule has 1 aromatic carbocycles. The summed E-state index contributed by atoms with van der Waals surface area (Å²) in [5.41, 5.74) is 2.58. The molecule has 0 aliphatic heterocycles. The Hall–Kier alpha value is -0.350. The molecule has 2 aromatic rings. The van der Waals surface area contributed by atoms with Crippen molar-refractivity contribution >= 4 is 38.9 Å². The normalized spacial score (nSPS) is 12.7. The summed E-state index contributed by atoms with van der Waals surface area (Å²) >= 11 is 11.6. The molecule has 1 unspecified atom stereocenters. The van der Waals surface area contributed by atoms with E-state index >= 15 is 0 Å². The van der Waals surface area contributed by atoms with Gasteiger partial charge in [0, 0.05) is 14.2 Å². The molecule has 0 fully saturated rings. The minimum atomic E-state index is 0.213. The topological polar surface area (TPSA) is 12.0 Å². The van der Waals surface area contributed by atoms with E-state index in [0.717, 1.165) is 22.5 Å². The number of benzene rings is 1. The Morgan fingerprint density at radius 1 is 1.30 bits per heavy atom. The standard InChI is InChI=1S/C16H19BrClNS/c1-4-7-19-16(13-8-10(2)20-11(13)3)12-5-6-14(17)15(18)9-12/h5-6,8-9,16,19H,4,7H2,1-3H3. The van der Waals surface area contributed by atoms with Crippen molar-refractivity contribution in [3.05, 3.63) is 54.6 Å². The predicted octanol–water partition coefficient (Wildman–Crippen LogP) is 5.87. The molecule has 0 bridgehead atoms. The van der Waals surface area contributed by atoms with Crippen molar-refractivity contribution < 1.29 is 0 Å². The van der Waals surface area contributed by atoms with E-state index in [1.807, 2.05) is 23.5 Å². The number of aryl methyl sites for hydroxylation is 2. The molecule has 1 nitrogen and oxygen atoms in total. The van der Waals surface area contributed by atoms with E-state index in [9.17, 15) is 0 Å².